The number of aromatic nitrogens is 1. The molecule has 1 aromatic carbocycles. The zero-order valence-corrected chi connectivity index (χ0v) is 16.6. The van der Waals surface area contributed by atoms with Crippen LogP contribution in [0.5, 0.6) is 0 Å². The molecule has 3 rings (SSSR count). The fourth-order valence-corrected chi connectivity index (χ4v) is 4.00. The number of hydrogen-bond donors (Lipinski definition) is 1. The molecule has 5 nitrogen and oxygen atoms in total. The van der Waals surface area contributed by atoms with Gasteiger partial charge in [-0.05, 0) is 42.7 Å². The minimum atomic E-state index is -0.677. The Morgan fingerprint density at radius 1 is 1.18 bits per heavy atom. The van der Waals surface area contributed by atoms with Crippen molar-refractivity contribution in [3.05, 3.63) is 57.5 Å². The van der Waals surface area contributed by atoms with Crippen molar-refractivity contribution in [2.75, 3.05) is 18.8 Å². The van der Waals surface area contributed by atoms with Gasteiger partial charge in [0.25, 0.3) is 0 Å². The van der Waals surface area contributed by atoms with E-state index in [-0.39, 0.29) is 36.3 Å². The van der Waals surface area contributed by atoms with Gasteiger partial charge in [0, 0.05) is 41.0 Å². The van der Waals surface area contributed by atoms with E-state index in [9.17, 15) is 14.0 Å². The summed E-state index contributed by atoms with van der Waals surface area (Å²) in [6.07, 6.45) is 1.71. The van der Waals surface area contributed by atoms with Crippen LogP contribution in [-0.4, -0.2) is 34.7 Å². The van der Waals surface area contributed by atoms with Crippen LogP contribution in [0.4, 0.5) is 10.2 Å². The Hall–Kier alpha value is -2.18. The van der Waals surface area contributed by atoms with Crippen molar-refractivity contribution in [1.29, 1.82) is 0 Å². The molecule has 1 unspecified atom stereocenters. The second kappa shape index (κ2) is 8.88. The summed E-state index contributed by atoms with van der Waals surface area (Å²) in [5, 5.41) is 0.958. The van der Waals surface area contributed by atoms with E-state index in [2.05, 4.69) is 4.98 Å². The average Bonchev–Trinajstić information content (AvgIpc) is 2.63. The van der Waals surface area contributed by atoms with Gasteiger partial charge >= 0.3 is 0 Å². The Morgan fingerprint density at radius 3 is 2.57 bits per heavy atom. The molecule has 0 aliphatic carbocycles. The first-order valence-electron chi connectivity index (χ1n) is 8.98. The summed E-state index contributed by atoms with van der Waals surface area (Å²) in [5.74, 6) is -1.02. The number of rotatable bonds is 5. The van der Waals surface area contributed by atoms with Crippen LogP contribution in [0, 0.1) is 11.9 Å². The zero-order chi connectivity index (χ0) is 20.3. The Morgan fingerprint density at radius 2 is 1.89 bits per heavy atom. The molecule has 1 aromatic heterocycles. The molecule has 0 saturated carbocycles. The summed E-state index contributed by atoms with van der Waals surface area (Å²) in [4.78, 5) is 30.6. The normalized spacial score (nSPS) is 16.8. The summed E-state index contributed by atoms with van der Waals surface area (Å²) >= 11 is 12.0. The monoisotopic (exact) mass is 423 g/mol. The predicted molar refractivity (Wildman–Crippen MR) is 107 cm³/mol. The molecule has 28 heavy (non-hydrogen) atoms. The number of anilines is 1. The molecule has 1 amide bonds. The third kappa shape index (κ3) is 5.20. The number of benzene rings is 1. The van der Waals surface area contributed by atoms with Gasteiger partial charge in [0.05, 0.1) is 6.42 Å². The van der Waals surface area contributed by atoms with E-state index in [0.717, 1.165) is 12.0 Å². The number of nitrogens with two attached hydrogens (primary N) is 1. The lowest BCUT2D eigenvalue weighted by Crippen LogP contribution is -2.43. The first-order valence-corrected chi connectivity index (χ1v) is 9.74. The zero-order valence-electron chi connectivity index (χ0n) is 15.1. The molecule has 8 heteroatoms. The maximum atomic E-state index is 13.1. The summed E-state index contributed by atoms with van der Waals surface area (Å²) in [7, 11) is 0. The molecule has 1 saturated heterocycles. The molecule has 2 N–H and O–H groups in total. The first-order chi connectivity index (χ1) is 13.3. The van der Waals surface area contributed by atoms with E-state index in [1.54, 1.807) is 23.1 Å². The topological polar surface area (TPSA) is 76.3 Å². The van der Waals surface area contributed by atoms with Gasteiger partial charge in [-0.1, -0.05) is 29.3 Å². The van der Waals surface area contributed by atoms with Crippen LogP contribution < -0.4 is 5.73 Å². The van der Waals surface area contributed by atoms with Crippen molar-refractivity contribution in [2.45, 2.75) is 25.7 Å². The van der Waals surface area contributed by atoms with Gasteiger partial charge in [0.2, 0.25) is 11.9 Å². The van der Waals surface area contributed by atoms with Crippen molar-refractivity contribution >= 4 is 40.7 Å². The minimum absolute atomic E-state index is 0.0231. The number of nitrogens with zero attached hydrogens (tertiary/aromatic N) is 2. The standard InChI is InChI=1S/C20H20Cl2FN3O2/c21-15-6-12(7-16(22)10-15)8-19(28)26-5-1-2-14(11-26)17(27)9-13-3-4-18(23)25-20(13)24/h3-4,6-7,10,14H,1-2,5,8-9,11H2,(H2,24,25). The second-order valence-corrected chi connectivity index (χ2v) is 7.83. The van der Waals surface area contributed by atoms with Crippen LogP contribution >= 0.6 is 23.2 Å². The second-order valence-electron chi connectivity index (χ2n) is 6.95. The maximum Gasteiger partial charge on any atom is 0.227 e. The van der Waals surface area contributed by atoms with Crippen LogP contribution in [0.25, 0.3) is 0 Å². The summed E-state index contributed by atoms with van der Waals surface area (Å²) < 4.78 is 13.1. The molecule has 2 heterocycles. The van der Waals surface area contributed by atoms with Crippen molar-refractivity contribution < 1.29 is 14.0 Å². The summed E-state index contributed by atoms with van der Waals surface area (Å²) in [6, 6.07) is 7.70. The van der Waals surface area contributed by atoms with Gasteiger partial charge in [-0.2, -0.15) is 4.39 Å². The Balaban J connectivity index is 1.62. The number of Topliss-reactive ketones (excluding diaryl/α,β-unsaturated/α-hetero) is 1. The molecule has 1 aliphatic rings. The molecule has 0 radical (unpaired) electrons. The van der Waals surface area contributed by atoms with E-state index in [0.29, 0.717) is 35.1 Å². The highest BCUT2D eigenvalue weighted by Gasteiger charge is 2.28. The molecule has 0 bridgehead atoms. The van der Waals surface area contributed by atoms with E-state index >= 15 is 0 Å². The van der Waals surface area contributed by atoms with Crippen molar-refractivity contribution in [3.63, 3.8) is 0 Å². The van der Waals surface area contributed by atoms with Gasteiger partial charge < -0.3 is 10.6 Å². The smallest absolute Gasteiger partial charge is 0.227 e. The number of ketones is 1. The van der Waals surface area contributed by atoms with E-state index < -0.39 is 5.95 Å². The van der Waals surface area contributed by atoms with Crippen LogP contribution in [-0.2, 0) is 22.4 Å². The van der Waals surface area contributed by atoms with E-state index in [1.165, 1.54) is 12.1 Å². The van der Waals surface area contributed by atoms with Gasteiger partial charge in [-0.3, -0.25) is 9.59 Å². The molecular weight excluding hydrogens is 404 g/mol. The van der Waals surface area contributed by atoms with Gasteiger partial charge in [0.15, 0.2) is 0 Å². The molecule has 1 atom stereocenters. The number of halogens is 3. The van der Waals surface area contributed by atoms with Gasteiger partial charge in [-0.15, -0.1) is 0 Å². The molecule has 1 fully saturated rings. The summed E-state index contributed by atoms with van der Waals surface area (Å²) in [5.41, 5.74) is 6.94. The van der Waals surface area contributed by atoms with Crippen LogP contribution in [0.15, 0.2) is 30.3 Å². The van der Waals surface area contributed by atoms with Gasteiger partial charge in [0.1, 0.15) is 11.6 Å². The highest BCUT2D eigenvalue weighted by atomic mass is 35.5. The fraction of sp³-hybridized carbons (Fsp3) is 0.350. The van der Waals surface area contributed by atoms with Crippen LogP contribution in [0.3, 0.4) is 0 Å². The van der Waals surface area contributed by atoms with Crippen molar-refractivity contribution in [1.82, 2.24) is 9.88 Å². The molecule has 0 spiro atoms. The number of piperidine rings is 1. The Labute approximate surface area is 172 Å². The van der Waals surface area contributed by atoms with E-state index in [4.69, 9.17) is 28.9 Å². The predicted octanol–water partition coefficient (Wildman–Crippen LogP) is 3.70. The Bertz CT molecular complexity index is 887. The SMILES string of the molecule is Nc1nc(F)ccc1CC(=O)C1CCCN(C(=O)Cc2cc(Cl)cc(Cl)c2)C1. The lowest BCUT2D eigenvalue weighted by molar-refractivity contribution is -0.134. The first kappa shape index (κ1) is 20.6. The van der Waals surface area contributed by atoms with Gasteiger partial charge in [-0.25, -0.2) is 4.98 Å². The number of nitrogen functional groups attached to an aromatic ring is 1. The quantitative estimate of drug-likeness (QED) is 0.743. The molecule has 1 aliphatic heterocycles. The minimum Gasteiger partial charge on any atom is -0.383 e. The fourth-order valence-electron chi connectivity index (χ4n) is 3.43. The Kier molecular flexibility index (Phi) is 6.52. The average molecular weight is 424 g/mol. The lowest BCUT2D eigenvalue weighted by Gasteiger charge is -2.32. The number of likely N-dealkylation sites (tertiary alicyclic amines) is 1. The lowest BCUT2D eigenvalue weighted by atomic mass is 9.90. The van der Waals surface area contributed by atoms with E-state index in [1.807, 2.05) is 0 Å². The van der Waals surface area contributed by atoms with Crippen molar-refractivity contribution in [2.24, 2.45) is 5.92 Å². The van der Waals surface area contributed by atoms with Crippen LogP contribution in [0.1, 0.15) is 24.0 Å². The molecular formula is C20H20Cl2FN3O2. The number of carbonyl (C=O) groups is 2. The third-order valence-electron chi connectivity index (χ3n) is 4.85. The molecule has 2 aromatic rings. The third-order valence-corrected chi connectivity index (χ3v) is 5.29. The maximum absolute atomic E-state index is 13.1. The number of pyridine rings is 1. The highest BCUT2D eigenvalue weighted by Crippen LogP contribution is 2.23. The summed E-state index contributed by atoms with van der Waals surface area (Å²) in [6.45, 7) is 0.970. The number of carbonyl (C=O) groups excluding carboxylic acids is 2. The number of hydrogen-bond acceptors (Lipinski definition) is 4. The van der Waals surface area contributed by atoms with Crippen molar-refractivity contribution in [3.8, 4) is 0 Å². The van der Waals surface area contributed by atoms with Crippen LogP contribution in [0.2, 0.25) is 10.0 Å². The molecule has 148 valence electrons. The largest absolute Gasteiger partial charge is 0.383 e. The highest BCUT2D eigenvalue weighted by molar-refractivity contribution is 6.34. The number of amides is 1.